The van der Waals surface area contributed by atoms with Gasteiger partial charge in [-0.05, 0) is 32.1 Å². The molecule has 0 aliphatic heterocycles. The summed E-state index contributed by atoms with van der Waals surface area (Å²) in [5.41, 5.74) is 0. The molecular weight excluding hydrogens is 148 g/mol. The predicted octanol–water partition coefficient (Wildman–Crippen LogP) is 3.20. The van der Waals surface area contributed by atoms with Crippen molar-refractivity contribution in [3.8, 4) is 0 Å². The van der Waals surface area contributed by atoms with Crippen molar-refractivity contribution in [1.82, 2.24) is 0 Å². The minimum absolute atomic E-state index is 0.301. The monoisotopic (exact) mass is 168 g/mol. The van der Waals surface area contributed by atoms with E-state index in [2.05, 4.69) is 26.0 Å². The lowest BCUT2D eigenvalue weighted by Gasteiger charge is -2.12. The molecule has 0 rings (SSSR count). The highest BCUT2D eigenvalue weighted by molar-refractivity contribution is 5.75. The molecule has 0 bridgehead atoms. The van der Waals surface area contributed by atoms with Crippen LogP contribution in [0.5, 0.6) is 0 Å². The molecule has 1 nitrogen and oxygen atoms in total. The van der Waals surface area contributed by atoms with E-state index in [4.69, 9.17) is 0 Å². The fourth-order valence-electron chi connectivity index (χ4n) is 1.62. The van der Waals surface area contributed by atoms with E-state index in [0.29, 0.717) is 17.6 Å². The van der Waals surface area contributed by atoms with Gasteiger partial charge in [0, 0.05) is 6.42 Å². The Morgan fingerprint density at radius 1 is 1.42 bits per heavy atom. The molecule has 0 aromatic heterocycles. The number of ketones is 1. The zero-order chi connectivity index (χ0) is 9.56. The highest BCUT2D eigenvalue weighted by atomic mass is 16.1. The fourth-order valence-corrected chi connectivity index (χ4v) is 1.62. The second kappa shape index (κ2) is 5.99. The van der Waals surface area contributed by atoms with Crippen LogP contribution < -0.4 is 0 Å². The quantitative estimate of drug-likeness (QED) is 0.576. The van der Waals surface area contributed by atoms with Crippen molar-refractivity contribution in [1.29, 1.82) is 0 Å². The Bertz CT molecular complexity index is 158. The molecule has 12 heavy (non-hydrogen) atoms. The minimum atomic E-state index is 0.301. The number of rotatable bonds is 5. The van der Waals surface area contributed by atoms with E-state index in [1.807, 2.05) is 6.92 Å². The topological polar surface area (TPSA) is 17.1 Å². The third-order valence-corrected chi connectivity index (χ3v) is 1.93. The highest BCUT2D eigenvalue weighted by Gasteiger charge is 2.07. The maximum Gasteiger partial charge on any atom is 0.130 e. The second-order valence-corrected chi connectivity index (χ2v) is 3.75. The summed E-state index contributed by atoms with van der Waals surface area (Å²) in [4.78, 5) is 10.8. The maximum absolute atomic E-state index is 10.8. The van der Waals surface area contributed by atoms with Gasteiger partial charge in [0.25, 0.3) is 0 Å². The molecule has 1 heteroatoms. The van der Waals surface area contributed by atoms with Crippen molar-refractivity contribution in [2.24, 2.45) is 11.8 Å². The van der Waals surface area contributed by atoms with E-state index in [9.17, 15) is 4.79 Å². The van der Waals surface area contributed by atoms with E-state index < -0.39 is 0 Å². The Balaban J connectivity index is 3.67. The van der Waals surface area contributed by atoms with Crippen molar-refractivity contribution in [3.63, 3.8) is 0 Å². The highest BCUT2D eigenvalue weighted by Crippen LogP contribution is 2.16. The van der Waals surface area contributed by atoms with Crippen LogP contribution in [0.3, 0.4) is 0 Å². The molecule has 0 fully saturated rings. The Morgan fingerprint density at radius 3 is 2.42 bits per heavy atom. The van der Waals surface area contributed by atoms with Crippen molar-refractivity contribution >= 4 is 5.78 Å². The lowest BCUT2D eigenvalue weighted by molar-refractivity contribution is -0.117. The summed E-state index contributed by atoms with van der Waals surface area (Å²) in [6, 6.07) is 0. The minimum Gasteiger partial charge on any atom is -0.300 e. The van der Waals surface area contributed by atoms with Crippen molar-refractivity contribution in [2.75, 3.05) is 0 Å². The zero-order valence-corrected chi connectivity index (χ0v) is 8.63. The van der Waals surface area contributed by atoms with Crippen molar-refractivity contribution < 1.29 is 4.79 Å². The van der Waals surface area contributed by atoms with Crippen molar-refractivity contribution in [3.05, 3.63) is 12.2 Å². The van der Waals surface area contributed by atoms with Crippen LogP contribution in [-0.4, -0.2) is 5.78 Å². The molecule has 0 N–H and O–H groups in total. The number of carbonyl (C=O) groups is 1. The molecule has 0 heterocycles. The Labute approximate surface area is 75.9 Å². The Morgan fingerprint density at radius 2 is 2.00 bits per heavy atom. The molecule has 0 unspecified atom stereocenters. The standard InChI is InChI=1S/C11H20O/c1-5-6-9(2)7-10(3)8-11(4)12/h5-6,9-10H,7-8H2,1-4H3/b6-5+/t9-,10-/m1/s1. The lowest BCUT2D eigenvalue weighted by atomic mass is 9.93. The third-order valence-electron chi connectivity index (χ3n) is 1.93. The van der Waals surface area contributed by atoms with Gasteiger partial charge in [0.15, 0.2) is 0 Å². The molecular formula is C11H20O. The molecule has 0 spiro atoms. The summed E-state index contributed by atoms with van der Waals surface area (Å²) in [6.07, 6.45) is 6.10. The molecule has 0 saturated heterocycles. The SMILES string of the molecule is C/C=C/[C@@H](C)C[C@@H](C)CC(C)=O. The van der Waals surface area contributed by atoms with E-state index >= 15 is 0 Å². The van der Waals surface area contributed by atoms with Gasteiger partial charge in [-0.25, -0.2) is 0 Å². The number of hydrogen-bond acceptors (Lipinski definition) is 1. The molecule has 0 aromatic carbocycles. The molecule has 0 saturated carbocycles. The fraction of sp³-hybridized carbons (Fsp3) is 0.727. The summed E-state index contributed by atoms with van der Waals surface area (Å²) in [7, 11) is 0. The second-order valence-electron chi connectivity index (χ2n) is 3.75. The van der Waals surface area contributed by atoms with Gasteiger partial charge in [0.2, 0.25) is 0 Å². The number of allylic oxidation sites excluding steroid dienone is 2. The van der Waals surface area contributed by atoms with Crippen LogP contribution in [0.2, 0.25) is 0 Å². The number of hydrogen-bond donors (Lipinski definition) is 0. The zero-order valence-electron chi connectivity index (χ0n) is 8.63. The summed E-state index contributed by atoms with van der Waals surface area (Å²) in [5, 5.41) is 0. The molecule has 0 aromatic rings. The van der Waals surface area contributed by atoms with Gasteiger partial charge in [0.05, 0.1) is 0 Å². The largest absolute Gasteiger partial charge is 0.300 e. The molecule has 0 aliphatic carbocycles. The van der Waals surface area contributed by atoms with Gasteiger partial charge in [-0.3, -0.25) is 0 Å². The Kier molecular flexibility index (Phi) is 5.69. The van der Waals surface area contributed by atoms with Crippen LogP contribution >= 0.6 is 0 Å². The smallest absolute Gasteiger partial charge is 0.130 e. The van der Waals surface area contributed by atoms with E-state index in [1.54, 1.807) is 6.92 Å². The van der Waals surface area contributed by atoms with Crippen LogP contribution in [0.25, 0.3) is 0 Å². The summed E-state index contributed by atoms with van der Waals surface area (Å²) >= 11 is 0. The molecule has 0 radical (unpaired) electrons. The van der Waals surface area contributed by atoms with Gasteiger partial charge < -0.3 is 4.79 Å². The van der Waals surface area contributed by atoms with Gasteiger partial charge in [0.1, 0.15) is 5.78 Å². The Hall–Kier alpha value is -0.590. The van der Waals surface area contributed by atoms with Crippen LogP contribution in [0.4, 0.5) is 0 Å². The van der Waals surface area contributed by atoms with E-state index in [-0.39, 0.29) is 0 Å². The van der Waals surface area contributed by atoms with Crippen LogP contribution in [0.1, 0.15) is 40.5 Å². The number of carbonyl (C=O) groups excluding carboxylic acids is 1. The van der Waals surface area contributed by atoms with Crippen LogP contribution in [0.15, 0.2) is 12.2 Å². The lowest BCUT2D eigenvalue weighted by Crippen LogP contribution is -2.05. The average molecular weight is 168 g/mol. The number of Topliss-reactive ketones (excluding diaryl/α,β-unsaturated/α-hetero) is 1. The van der Waals surface area contributed by atoms with Gasteiger partial charge >= 0.3 is 0 Å². The first-order valence-electron chi connectivity index (χ1n) is 4.68. The van der Waals surface area contributed by atoms with Gasteiger partial charge in [-0.2, -0.15) is 0 Å². The molecule has 2 atom stereocenters. The van der Waals surface area contributed by atoms with Gasteiger partial charge in [-0.1, -0.05) is 26.0 Å². The van der Waals surface area contributed by atoms with E-state index in [0.717, 1.165) is 12.8 Å². The summed E-state index contributed by atoms with van der Waals surface area (Å²) in [5.74, 6) is 1.42. The first-order valence-corrected chi connectivity index (χ1v) is 4.68. The average Bonchev–Trinajstić information content (AvgIpc) is 1.84. The van der Waals surface area contributed by atoms with E-state index in [1.165, 1.54) is 0 Å². The van der Waals surface area contributed by atoms with Gasteiger partial charge in [-0.15, -0.1) is 0 Å². The molecule has 0 aliphatic rings. The van der Waals surface area contributed by atoms with Crippen LogP contribution in [0, 0.1) is 11.8 Å². The third kappa shape index (κ3) is 6.14. The predicted molar refractivity (Wildman–Crippen MR) is 53.1 cm³/mol. The summed E-state index contributed by atoms with van der Waals surface area (Å²) in [6.45, 7) is 8.03. The maximum atomic E-state index is 10.8. The van der Waals surface area contributed by atoms with Crippen molar-refractivity contribution in [2.45, 2.75) is 40.5 Å². The molecule has 0 amide bonds. The van der Waals surface area contributed by atoms with Crippen LogP contribution in [-0.2, 0) is 4.79 Å². The summed E-state index contributed by atoms with van der Waals surface area (Å²) < 4.78 is 0. The normalized spacial score (nSPS) is 16.3. The molecule has 70 valence electrons. The first kappa shape index (κ1) is 11.4. The first-order chi connectivity index (χ1) is 5.56.